The van der Waals surface area contributed by atoms with E-state index < -0.39 is 80.7 Å². The molecular weight excluding hydrogens is 724 g/mol. The maximum atomic E-state index is 13.8. The summed E-state index contributed by atoms with van der Waals surface area (Å²) in [7, 11) is 0. The molecule has 0 fully saturated rings. The maximum absolute atomic E-state index is 13.8. The summed E-state index contributed by atoms with van der Waals surface area (Å²) in [6.45, 7) is 0. The second-order valence-electron chi connectivity index (χ2n) is 11.3. The molecule has 0 bridgehead atoms. The Hall–Kier alpha value is -5.05. The summed E-state index contributed by atoms with van der Waals surface area (Å²) in [5.74, 6) is -1.84. The van der Waals surface area contributed by atoms with E-state index in [1.165, 1.54) is 48.5 Å². The number of fused-ring (bicyclic) bond motifs is 2. The number of phenolic OH excluding ortho intramolecular Hbond substituents is 2. The molecule has 0 amide bonds. The van der Waals surface area contributed by atoms with Gasteiger partial charge in [-0.15, -0.1) is 0 Å². The molecule has 51 heavy (non-hydrogen) atoms. The van der Waals surface area contributed by atoms with Crippen molar-refractivity contribution < 1.29 is 62.9 Å². The standard InChI is InChI=1S/C36H18F12O2.H2S/c37-33(38,39)21-9-19(10-22(15-21)34(40,41)42)27-13-17-5-1-3-7-25(17)29(31(27)49)30-26-8-4-2-6-18(26)14-28(32(30)50)20-11-23(35(43,44)45)16-24(12-20)36(46,47)48;/h1-16,49-50H;1H2. The smallest absolute Gasteiger partial charge is 0.416 e. The van der Waals surface area contributed by atoms with Crippen LogP contribution in [0.15, 0.2) is 97.1 Å². The van der Waals surface area contributed by atoms with E-state index in [0.29, 0.717) is 24.3 Å². The van der Waals surface area contributed by atoms with Crippen LogP contribution in [0.3, 0.4) is 0 Å². The van der Waals surface area contributed by atoms with E-state index in [0.717, 1.165) is 12.1 Å². The Morgan fingerprint density at radius 1 is 0.373 bits per heavy atom. The molecule has 0 saturated carbocycles. The van der Waals surface area contributed by atoms with Crippen molar-refractivity contribution in [2.75, 3.05) is 0 Å². The zero-order valence-corrected chi connectivity index (χ0v) is 26.2. The number of hydrogen-bond acceptors (Lipinski definition) is 2. The Kier molecular flexibility index (Phi) is 9.21. The van der Waals surface area contributed by atoms with E-state index in [-0.39, 0.29) is 58.3 Å². The van der Waals surface area contributed by atoms with Crippen molar-refractivity contribution in [2.24, 2.45) is 0 Å². The highest BCUT2D eigenvalue weighted by Crippen LogP contribution is 2.53. The van der Waals surface area contributed by atoms with Gasteiger partial charge >= 0.3 is 24.7 Å². The first-order valence-electron chi connectivity index (χ1n) is 14.2. The highest BCUT2D eigenvalue weighted by Gasteiger charge is 2.39. The van der Waals surface area contributed by atoms with Gasteiger partial charge in [-0.3, -0.25) is 0 Å². The zero-order valence-electron chi connectivity index (χ0n) is 25.2. The van der Waals surface area contributed by atoms with Crippen LogP contribution in [0.5, 0.6) is 11.5 Å². The third-order valence-corrected chi connectivity index (χ3v) is 8.09. The molecular formula is C36H20F12O2S. The first-order valence-corrected chi connectivity index (χ1v) is 14.2. The lowest BCUT2D eigenvalue weighted by Crippen LogP contribution is -2.11. The number of alkyl halides is 12. The van der Waals surface area contributed by atoms with Gasteiger partial charge in [0.25, 0.3) is 0 Å². The largest absolute Gasteiger partial charge is 0.507 e. The minimum absolute atomic E-state index is 0. The fourth-order valence-electron chi connectivity index (χ4n) is 5.84. The lowest BCUT2D eigenvalue weighted by atomic mass is 9.85. The van der Waals surface area contributed by atoms with Crippen LogP contribution in [-0.2, 0) is 24.7 Å². The summed E-state index contributed by atoms with van der Waals surface area (Å²) in [6, 6.07) is 15.1. The third-order valence-electron chi connectivity index (χ3n) is 8.09. The fraction of sp³-hybridized carbons (Fsp3) is 0.111. The molecule has 2 nitrogen and oxygen atoms in total. The van der Waals surface area contributed by atoms with Crippen LogP contribution in [0.2, 0.25) is 0 Å². The van der Waals surface area contributed by atoms with Gasteiger partial charge in [-0.2, -0.15) is 66.2 Å². The van der Waals surface area contributed by atoms with E-state index in [2.05, 4.69) is 0 Å². The molecule has 0 aliphatic carbocycles. The van der Waals surface area contributed by atoms with Crippen LogP contribution in [0.4, 0.5) is 52.7 Å². The number of phenols is 2. The summed E-state index contributed by atoms with van der Waals surface area (Å²) in [5, 5.41) is 24.0. The van der Waals surface area contributed by atoms with E-state index in [9.17, 15) is 62.9 Å². The second-order valence-corrected chi connectivity index (χ2v) is 11.3. The van der Waals surface area contributed by atoms with E-state index in [1.807, 2.05) is 0 Å². The topological polar surface area (TPSA) is 40.5 Å². The molecule has 6 aromatic rings. The molecule has 0 aliphatic rings. The van der Waals surface area contributed by atoms with Gasteiger partial charge in [0, 0.05) is 22.3 Å². The average molecular weight is 745 g/mol. The highest BCUT2D eigenvalue weighted by molar-refractivity contribution is 7.59. The summed E-state index contributed by atoms with van der Waals surface area (Å²) < 4.78 is 165. The van der Waals surface area contributed by atoms with Crippen molar-refractivity contribution in [3.8, 4) is 44.9 Å². The number of aromatic hydroxyl groups is 2. The molecule has 0 aromatic heterocycles. The van der Waals surface area contributed by atoms with Crippen LogP contribution in [0.1, 0.15) is 22.3 Å². The minimum atomic E-state index is -5.24. The molecule has 266 valence electrons. The molecule has 0 saturated heterocycles. The molecule has 6 aromatic carbocycles. The Balaban J connectivity index is 0.00000504. The summed E-state index contributed by atoms with van der Waals surface area (Å²) >= 11 is 0. The highest BCUT2D eigenvalue weighted by atomic mass is 32.1. The van der Waals surface area contributed by atoms with Gasteiger partial charge in [-0.1, -0.05) is 48.5 Å². The molecule has 0 aliphatic heterocycles. The van der Waals surface area contributed by atoms with E-state index >= 15 is 0 Å². The molecule has 0 spiro atoms. The van der Waals surface area contributed by atoms with Gasteiger partial charge < -0.3 is 10.2 Å². The van der Waals surface area contributed by atoms with Crippen molar-refractivity contribution >= 4 is 35.0 Å². The van der Waals surface area contributed by atoms with Crippen LogP contribution in [0.25, 0.3) is 54.9 Å². The molecule has 0 heterocycles. The van der Waals surface area contributed by atoms with Crippen molar-refractivity contribution in [3.63, 3.8) is 0 Å². The predicted molar refractivity (Wildman–Crippen MR) is 171 cm³/mol. The molecule has 15 heteroatoms. The van der Waals surface area contributed by atoms with Gasteiger partial charge in [-0.25, -0.2) is 0 Å². The molecule has 0 unspecified atom stereocenters. The summed E-state index contributed by atoms with van der Waals surface area (Å²) in [4.78, 5) is 0. The molecule has 0 atom stereocenters. The average Bonchev–Trinajstić information content (AvgIpc) is 3.03. The van der Waals surface area contributed by atoms with Crippen molar-refractivity contribution in [1.29, 1.82) is 0 Å². The third kappa shape index (κ3) is 6.99. The monoisotopic (exact) mass is 744 g/mol. The lowest BCUT2D eigenvalue weighted by Gasteiger charge is -2.21. The quantitative estimate of drug-likeness (QED) is 0.177. The molecule has 2 N–H and O–H groups in total. The van der Waals surface area contributed by atoms with Crippen LogP contribution in [-0.4, -0.2) is 10.2 Å². The van der Waals surface area contributed by atoms with Gasteiger partial charge in [-0.05, 0) is 81.2 Å². The van der Waals surface area contributed by atoms with Gasteiger partial charge in [0.15, 0.2) is 0 Å². The fourth-order valence-corrected chi connectivity index (χ4v) is 5.84. The molecule has 6 rings (SSSR count). The SMILES string of the molecule is Oc1c(-c2cc(C(F)(F)F)cc(C(F)(F)F)c2)cc2ccccc2c1-c1c(O)c(-c2cc(C(F)(F)F)cc(C(F)(F)F)c2)cc2ccccc12.S. The van der Waals surface area contributed by atoms with Crippen LogP contribution in [0, 0.1) is 0 Å². The normalized spacial score (nSPS) is 12.7. The maximum Gasteiger partial charge on any atom is 0.416 e. The van der Waals surface area contributed by atoms with E-state index in [1.54, 1.807) is 0 Å². The van der Waals surface area contributed by atoms with Crippen LogP contribution < -0.4 is 0 Å². The van der Waals surface area contributed by atoms with E-state index in [4.69, 9.17) is 0 Å². The van der Waals surface area contributed by atoms with Gasteiger partial charge in [0.1, 0.15) is 11.5 Å². The number of rotatable bonds is 3. The van der Waals surface area contributed by atoms with Crippen molar-refractivity contribution in [1.82, 2.24) is 0 Å². The number of hydrogen-bond donors (Lipinski definition) is 2. The Labute approximate surface area is 286 Å². The minimum Gasteiger partial charge on any atom is -0.507 e. The number of halogens is 12. The Bertz CT molecular complexity index is 2080. The zero-order chi connectivity index (χ0) is 36.6. The van der Waals surface area contributed by atoms with Gasteiger partial charge in [0.2, 0.25) is 0 Å². The summed E-state index contributed by atoms with van der Waals surface area (Å²) in [6.07, 6.45) is -21.0. The first-order chi connectivity index (χ1) is 23.1. The first kappa shape index (κ1) is 37.2. The van der Waals surface area contributed by atoms with Gasteiger partial charge in [0.05, 0.1) is 22.3 Å². The Morgan fingerprint density at radius 3 is 0.922 bits per heavy atom. The van der Waals surface area contributed by atoms with Crippen molar-refractivity contribution in [2.45, 2.75) is 24.7 Å². The van der Waals surface area contributed by atoms with Crippen LogP contribution >= 0.6 is 13.5 Å². The van der Waals surface area contributed by atoms with Crippen molar-refractivity contribution in [3.05, 3.63) is 119 Å². The Morgan fingerprint density at radius 2 is 0.647 bits per heavy atom. The lowest BCUT2D eigenvalue weighted by molar-refractivity contribution is -0.144. The second kappa shape index (κ2) is 12.6. The predicted octanol–water partition coefficient (Wildman–Crippen LogP) is 12.6. The molecule has 0 radical (unpaired) electrons. The summed E-state index contributed by atoms with van der Waals surface area (Å²) in [5.41, 5.74) is -9.97. The number of benzene rings is 6.